The molecule has 1 aromatic carbocycles. The third-order valence-electron chi connectivity index (χ3n) is 2.83. The van der Waals surface area contributed by atoms with Crippen molar-refractivity contribution in [3.05, 3.63) is 59.8 Å². The van der Waals surface area contributed by atoms with E-state index in [1.165, 1.54) is 4.90 Å². The van der Waals surface area contributed by atoms with Gasteiger partial charge in [0.1, 0.15) is 5.82 Å². The smallest absolute Gasteiger partial charge is 0.262 e. The first-order valence-corrected chi connectivity index (χ1v) is 5.30. The van der Waals surface area contributed by atoms with Gasteiger partial charge in [-0.15, -0.1) is 0 Å². The zero-order chi connectivity index (χ0) is 11.8. The number of hydrogen-bond donors (Lipinski definition) is 1. The first-order chi connectivity index (χ1) is 8.29. The molecule has 17 heavy (non-hydrogen) atoms. The molecule has 1 N–H and O–H groups in total. The van der Waals surface area contributed by atoms with E-state index in [0.29, 0.717) is 16.9 Å². The van der Waals surface area contributed by atoms with Crippen LogP contribution in [0, 0.1) is 0 Å². The van der Waals surface area contributed by atoms with Gasteiger partial charge in [0.25, 0.3) is 5.91 Å². The molecule has 1 aliphatic heterocycles. The number of rotatable bonds is 1. The summed E-state index contributed by atoms with van der Waals surface area (Å²) in [7, 11) is 0. The monoisotopic (exact) mass is 226 g/mol. The number of nitrogens with zero attached hydrogens (tertiary/aromatic N) is 2. The molecule has 4 nitrogen and oxygen atoms in total. The van der Waals surface area contributed by atoms with E-state index in [9.17, 15) is 9.90 Å². The van der Waals surface area contributed by atoms with Crippen LogP contribution in [0.4, 0.5) is 5.82 Å². The maximum atomic E-state index is 12.1. The summed E-state index contributed by atoms with van der Waals surface area (Å²) in [5.74, 6) is 0.244. The van der Waals surface area contributed by atoms with Crippen LogP contribution < -0.4 is 4.90 Å². The van der Waals surface area contributed by atoms with Crippen LogP contribution in [0.2, 0.25) is 0 Å². The van der Waals surface area contributed by atoms with Crippen LogP contribution in [-0.4, -0.2) is 16.0 Å². The molecular formula is C13H10N2O2. The Labute approximate surface area is 98.1 Å². The van der Waals surface area contributed by atoms with Gasteiger partial charge in [-0.05, 0) is 18.2 Å². The third-order valence-corrected chi connectivity index (χ3v) is 2.83. The molecule has 1 aliphatic rings. The zero-order valence-electron chi connectivity index (χ0n) is 8.95. The number of aliphatic hydroxyl groups excluding tert-OH is 1. The van der Waals surface area contributed by atoms with Crippen LogP contribution in [0.1, 0.15) is 22.1 Å². The van der Waals surface area contributed by atoms with E-state index in [-0.39, 0.29) is 5.91 Å². The summed E-state index contributed by atoms with van der Waals surface area (Å²) in [6.07, 6.45) is 0.645. The average Bonchev–Trinajstić information content (AvgIpc) is 2.64. The quantitative estimate of drug-likeness (QED) is 0.805. The number of pyridine rings is 1. The lowest BCUT2D eigenvalue weighted by molar-refractivity contribution is 0.0933. The molecule has 4 heteroatoms. The summed E-state index contributed by atoms with van der Waals surface area (Å²) in [6.45, 7) is 0. The third kappa shape index (κ3) is 1.42. The van der Waals surface area contributed by atoms with Gasteiger partial charge in [-0.3, -0.25) is 9.69 Å². The van der Waals surface area contributed by atoms with E-state index in [4.69, 9.17) is 0 Å². The predicted octanol–water partition coefficient (Wildman–Crippen LogP) is 1.73. The average molecular weight is 226 g/mol. The fourth-order valence-electron chi connectivity index (χ4n) is 2.02. The van der Waals surface area contributed by atoms with Crippen molar-refractivity contribution < 1.29 is 9.90 Å². The van der Waals surface area contributed by atoms with E-state index < -0.39 is 6.23 Å². The lowest BCUT2D eigenvalue weighted by atomic mass is 10.1. The van der Waals surface area contributed by atoms with Gasteiger partial charge < -0.3 is 5.11 Å². The molecular weight excluding hydrogens is 216 g/mol. The zero-order valence-corrected chi connectivity index (χ0v) is 8.95. The van der Waals surface area contributed by atoms with Crippen molar-refractivity contribution in [2.45, 2.75) is 6.23 Å². The number of amides is 1. The number of hydrogen-bond acceptors (Lipinski definition) is 3. The molecule has 1 atom stereocenters. The Morgan fingerprint density at radius 3 is 2.59 bits per heavy atom. The minimum atomic E-state index is -0.950. The van der Waals surface area contributed by atoms with Gasteiger partial charge in [-0.1, -0.05) is 24.3 Å². The van der Waals surface area contributed by atoms with Crippen molar-refractivity contribution in [1.82, 2.24) is 4.98 Å². The number of aromatic nitrogens is 1. The van der Waals surface area contributed by atoms with Gasteiger partial charge in [-0.25, -0.2) is 4.98 Å². The molecule has 0 fully saturated rings. The summed E-state index contributed by atoms with van der Waals surface area (Å²) in [5.41, 5.74) is 1.16. The van der Waals surface area contributed by atoms with Crippen molar-refractivity contribution in [3.63, 3.8) is 0 Å². The Morgan fingerprint density at radius 1 is 1.12 bits per heavy atom. The first kappa shape index (κ1) is 9.99. The Kier molecular flexibility index (Phi) is 2.16. The highest BCUT2D eigenvalue weighted by Crippen LogP contribution is 2.34. The van der Waals surface area contributed by atoms with E-state index in [1.807, 2.05) is 0 Å². The van der Waals surface area contributed by atoms with Gasteiger partial charge in [-0.2, -0.15) is 0 Å². The largest absolute Gasteiger partial charge is 0.369 e. The van der Waals surface area contributed by atoms with Crippen molar-refractivity contribution in [2.24, 2.45) is 0 Å². The Bertz CT molecular complexity index is 569. The van der Waals surface area contributed by atoms with Crippen LogP contribution in [0.25, 0.3) is 0 Å². The molecule has 2 aromatic rings. The highest BCUT2D eigenvalue weighted by atomic mass is 16.3. The van der Waals surface area contributed by atoms with E-state index in [1.54, 1.807) is 48.7 Å². The molecule has 2 heterocycles. The second kappa shape index (κ2) is 3.68. The van der Waals surface area contributed by atoms with E-state index in [0.717, 1.165) is 0 Å². The summed E-state index contributed by atoms with van der Waals surface area (Å²) >= 11 is 0. The molecule has 0 unspecified atom stereocenters. The van der Waals surface area contributed by atoms with Gasteiger partial charge in [0, 0.05) is 17.3 Å². The van der Waals surface area contributed by atoms with Crippen LogP contribution in [-0.2, 0) is 0 Å². The molecule has 0 radical (unpaired) electrons. The summed E-state index contributed by atoms with van der Waals surface area (Å²) in [6, 6.07) is 12.3. The number of benzene rings is 1. The van der Waals surface area contributed by atoms with Crippen molar-refractivity contribution >= 4 is 11.7 Å². The molecule has 1 aromatic heterocycles. The van der Waals surface area contributed by atoms with Crippen LogP contribution >= 0.6 is 0 Å². The van der Waals surface area contributed by atoms with Crippen LogP contribution in [0.15, 0.2) is 48.7 Å². The standard InChI is InChI=1S/C13H10N2O2/c16-12-9-5-1-2-6-10(9)13(17)15(12)11-7-3-4-8-14-11/h1-8,12,16H/t12-/m0/s1. The second-order valence-electron chi connectivity index (χ2n) is 3.82. The van der Waals surface area contributed by atoms with Crippen LogP contribution in [0.5, 0.6) is 0 Å². The molecule has 0 saturated heterocycles. The number of fused-ring (bicyclic) bond motifs is 1. The van der Waals surface area contributed by atoms with Crippen molar-refractivity contribution in [1.29, 1.82) is 0 Å². The maximum Gasteiger partial charge on any atom is 0.262 e. The normalized spacial score (nSPS) is 18.3. The molecule has 3 rings (SSSR count). The molecule has 0 bridgehead atoms. The highest BCUT2D eigenvalue weighted by molar-refractivity contribution is 6.10. The van der Waals surface area contributed by atoms with Gasteiger partial charge in [0.15, 0.2) is 6.23 Å². The molecule has 0 spiro atoms. The van der Waals surface area contributed by atoms with E-state index in [2.05, 4.69) is 4.98 Å². The summed E-state index contributed by atoms with van der Waals surface area (Å²) < 4.78 is 0. The van der Waals surface area contributed by atoms with Gasteiger partial charge >= 0.3 is 0 Å². The van der Waals surface area contributed by atoms with E-state index >= 15 is 0 Å². The topological polar surface area (TPSA) is 53.4 Å². The Hall–Kier alpha value is -2.20. The highest BCUT2D eigenvalue weighted by Gasteiger charge is 2.36. The Balaban J connectivity index is 2.10. The number of aliphatic hydroxyl groups is 1. The molecule has 0 saturated carbocycles. The minimum absolute atomic E-state index is 0.216. The fourth-order valence-corrected chi connectivity index (χ4v) is 2.02. The number of carbonyl (C=O) groups is 1. The summed E-state index contributed by atoms with van der Waals surface area (Å²) in [4.78, 5) is 17.5. The van der Waals surface area contributed by atoms with Crippen molar-refractivity contribution in [2.75, 3.05) is 4.90 Å². The lowest BCUT2D eigenvalue weighted by Crippen LogP contribution is -2.28. The predicted molar refractivity (Wildman–Crippen MR) is 62.4 cm³/mol. The maximum absolute atomic E-state index is 12.1. The molecule has 0 aliphatic carbocycles. The number of anilines is 1. The summed E-state index contributed by atoms with van der Waals surface area (Å²) in [5, 5.41) is 10.1. The van der Waals surface area contributed by atoms with Gasteiger partial charge in [0.05, 0.1) is 0 Å². The van der Waals surface area contributed by atoms with Crippen molar-refractivity contribution in [3.8, 4) is 0 Å². The molecule has 1 amide bonds. The van der Waals surface area contributed by atoms with Gasteiger partial charge in [0.2, 0.25) is 0 Å². The fraction of sp³-hybridized carbons (Fsp3) is 0.0769. The second-order valence-corrected chi connectivity index (χ2v) is 3.82. The lowest BCUT2D eigenvalue weighted by Gasteiger charge is -2.19. The van der Waals surface area contributed by atoms with Crippen LogP contribution in [0.3, 0.4) is 0 Å². The molecule has 84 valence electrons. The first-order valence-electron chi connectivity index (χ1n) is 5.30. The Morgan fingerprint density at radius 2 is 1.88 bits per heavy atom. The minimum Gasteiger partial charge on any atom is -0.369 e. The SMILES string of the molecule is O=C1c2ccccc2[C@H](O)N1c1ccccn1. The number of carbonyl (C=O) groups excluding carboxylic acids is 1.